The molecule has 0 spiro atoms. The Balaban J connectivity index is 1.52. The Morgan fingerprint density at radius 2 is 1.77 bits per heavy atom. The first-order valence-electron chi connectivity index (χ1n) is 10.5. The first kappa shape index (κ1) is 21.5. The monoisotopic (exact) mass is 443 g/mol. The quantitative estimate of drug-likeness (QED) is 0.517. The fourth-order valence-corrected chi connectivity index (χ4v) is 5.86. The zero-order valence-electron chi connectivity index (χ0n) is 17.4. The Labute approximate surface area is 181 Å². The number of benzene rings is 2. The van der Waals surface area contributed by atoms with Crippen LogP contribution in [0, 0.1) is 10.1 Å². The molecule has 1 aliphatic carbocycles. The van der Waals surface area contributed by atoms with Gasteiger partial charge in [0.15, 0.2) is 0 Å². The number of fused-ring (bicyclic) bond motifs is 1. The molecular weight excluding hydrogens is 418 g/mol. The van der Waals surface area contributed by atoms with E-state index in [-0.39, 0.29) is 22.5 Å². The third-order valence-electron chi connectivity index (χ3n) is 6.28. The average molecular weight is 444 g/mol. The summed E-state index contributed by atoms with van der Waals surface area (Å²) in [6.07, 6.45) is 5.52. The van der Waals surface area contributed by atoms with Gasteiger partial charge in [0, 0.05) is 43.0 Å². The molecule has 1 saturated carbocycles. The van der Waals surface area contributed by atoms with E-state index in [0.717, 1.165) is 37.7 Å². The second-order valence-corrected chi connectivity index (χ2v) is 10.1. The number of sulfonamides is 1. The lowest BCUT2D eigenvalue weighted by Crippen LogP contribution is -2.38. The molecule has 164 valence electrons. The van der Waals surface area contributed by atoms with E-state index >= 15 is 0 Å². The molecule has 1 aliphatic heterocycles. The molecule has 0 bridgehead atoms. The first-order chi connectivity index (χ1) is 14.8. The van der Waals surface area contributed by atoms with Gasteiger partial charge in [-0.05, 0) is 55.2 Å². The molecule has 1 amide bonds. The highest BCUT2D eigenvalue weighted by atomic mass is 32.2. The molecule has 0 saturated heterocycles. The Morgan fingerprint density at radius 3 is 2.42 bits per heavy atom. The van der Waals surface area contributed by atoms with Crippen molar-refractivity contribution in [2.45, 2.75) is 49.5 Å². The Hall–Kier alpha value is -2.78. The van der Waals surface area contributed by atoms with Gasteiger partial charge in [-0.1, -0.05) is 19.3 Å². The van der Waals surface area contributed by atoms with Gasteiger partial charge in [0.1, 0.15) is 0 Å². The molecule has 31 heavy (non-hydrogen) atoms. The van der Waals surface area contributed by atoms with Gasteiger partial charge in [-0.3, -0.25) is 14.9 Å². The van der Waals surface area contributed by atoms with Crippen molar-refractivity contribution in [3.05, 3.63) is 63.7 Å². The molecule has 8 nitrogen and oxygen atoms in total. The summed E-state index contributed by atoms with van der Waals surface area (Å²) in [4.78, 5) is 25.3. The topological polar surface area (TPSA) is 101 Å². The number of hydrogen-bond donors (Lipinski definition) is 0. The standard InChI is InChI=1S/C22H25N3O5S/c1-23(18-5-3-2-4-6-18)31(29,30)20-10-7-16(8-11-20)22(26)24-14-13-17-15-19(25(27)28)9-12-21(17)24/h7-12,15,18H,2-6,13-14H2,1H3. The highest BCUT2D eigenvalue weighted by Gasteiger charge is 2.30. The minimum absolute atomic E-state index is 0.00435. The largest absolute Gasteiger partial charge is 0.308 e. The van der Waals surface area contributed by atoms with Gasteiger partial charge in [-0.15, -0.1) is 0 Å². The van der Waals surface area contributed by atoms with Crippen molar-refractivity contribution in [2.24, 2.45) is 0 Å². The van der Waals surface area contributed by atoms with Crippen LogP contribution in [0.2, 0.25) is 0 Å². The molecule has 1 heterocycles. The van der Waals surface area contributed by atoms with E-state index in [1.54, 1.807) is 18.0 Å². The zero-order chi connectivity index (χ0) is 22.2. The van der Waals surface area contributed by atoms with Gasteiger partial charge in [0.2, 0.25) is 10.0 Å². The molecule has 0 N–H and O–H groups in total. The number of non-ortho nitro benzene ring substituents is 1. The Kier molecular flexibility index (Phi) is 5.81. The summed E-state index contributed by atoms with van der Waals surface area (Å²) in [6.45, 7) is 0.430. The highest BCUT2D eigenvalue weighted by Crippen LogP contribution is 2.32. The third kappa shape index (κ3) is 4.07. The van der Waals surface area contributed by atoms with Crippen LogP contribution in [-0.4, -0.2) is 43.2 Å². The van der Waals surface area contributed by atoms with Crippen LogP contribution in [0.25, 0.3) is 0 Å². The van der Waals surface area contributed by atoms with Crippen molar-refractivity contribution in [3.63, 3.8) is 0 Å². The minimum atomic E-state index is -3.62. The lowest BCUT2D eigenvalue weighted by molar-refractivity contribution is -0.384. The van der Waals surface area contributed by atoms with Gasteiger partial charge >= 0.3 is 0 Å². The summed E-state index contributed by atoms with van der Waals surface area (Å²) in [5.41, 5.74) is 1.80. The average Bonchev–Trinajstić information content (AvgIpc) is 3.22. The van der Waals surface area contributed by atoms with E-state index in [4.69, 9.17) is 0 Å². The summed E-state index contributed by atoms with van der Waals surface area (Å²) in [6, 6.07) is 10.5. The van der Waals surface area contributed by atoms with Crippen molar-refractivity contribution in [3.8, 4) is 0 Å². The number of hydrogen-bond acceptors (Lipinski definition) is 5. The van der Waals surface area contributed by atoms with E-state index in [1.807, 2.05) is 0 Å². The summed E-state index contributed by atoms with van der Waals surface area (Å²) >= 11 is 0. The van der Waals surface area contributed by atoms with Crippen molar-refractivity contribution >= 4 is 27.3 Å². The van der Waals surface area contributed by atoms with Crippen LogP contribution in [-0.2, 0) is 16.4 Å². The number of nitro groups is 1. The van der Waals surface area contributed by atoms with Crippen LogP contribution in [0.1, 0.15) is 48.0 Å². The molecule has 2 aliphatic rings. The van der Waals surface area contributed by atoms with E-state index in [1.165, 1.54) is 40.7 Å². The predicted octanol–water partition coefficient (Wildman–Crippen LogP) is 3.75. The molecule has 0 aromatic heterocycles. The van der Waals surface area contributed by atoms with Crippen LogP contribution < -0.4 is 4.90 Å². The molecule has 0 radical (unpaired) electrons. The summed E-state index contributed by atoms with van der Waals surface area (Å²) < 4.78 is 27.5. The molecule has 9 heteroatoms. The lowest BCUT2D eigenvalue weighted by atomic mass is 9.96. The fourth-order valence-electron chi connectivity index (χ4n) is 4.45. The van der Waals surface area contributed by atoms with E-state index in [9.17, 15) is 23.3 Å². The fraction of sp³-hybridized carbons (Fsp3) is 0.409. The number of carbonyl (C=O) groups is 1. The minimum Gasteiger partial charge on any atom is -0.308 e. The van der Waals surface area contributed by atoms with E-state index < -0.39 is 14.9 Å². The summed E-state index contributed by atoms with van der Waals surface area (Å²) in [5, 5.41) is 11.0. The normalized spacial score (nSPS) is 17.0. The molecule has 2 aromatic rings. The Bertz CT molecular complexity index is 1110. The second-order valence-electron chi connectivity index (χ2n) is 8.11. The maximum absolute atomic E-state index is 13.0. The van der Waals surface area contributed by atoms with Gasteiger partial charge in [0.05, 0.1) is 9.82 Å². The van der Waals surface area contributed by atoms with Gasteiger partial charge < -0.3 is 4.90 Å². The van der Waals surface area contributed by atoms with Crippen molar-refractivity contribution in [2.75, 3.05) is 18.5 Å². The number of anilines is 1. The van der Waals surface area contributed by atoms with Crippen LogP contribution >= 0.6 is 0 Å². The summed E-state index contributed by atoms with van der Waals surface area (Å²) in [5.74, 6) is -0.253. The second kappa shape index (κ2) is 8.39. The molecular formula is C22H25N3O5S. The first-order valence-corrected chi connectivity index (χ1v) is 11.9. The summed E-state index contributed by atoms with van der Waals surface area (Å²) in [7, 11) is -1.99. The van der Waals surface area contributed by atoms with E-state index in [0.29, 0.717) is 24.2 Å². The number of nitrogens with zero attached hydrogens (tertiary/aromatic N) is 3. The van der Waals surface area contributed by atoms with Crippen molar-refractivity contribution in [1.82, 2.24) is 4.31 Å². The van der Waals surface area contributed by atoms with Crippen LogP contribution in [0.3, 0.4) is 0 Å². The van der Waals surface area contributed by atoms with Crippen LogP contribution in [0.15, 0.2) is 47.4 Å². The molecule has 4 rings (SSSR count). The van der Waals surface area contributed by atoms with Crippen LogP contribution in [0.5, 0.6) is 0 Å². The maximum atomic E-state index is 13.0. The molecule has 2 aromatic carbocycles. The number of rotatable bonds is 5. The smallest absolute Gasteiger partial charge is 0.269 e. The number of nitro benzene ring substituents is 1. The Morgan fingerprint density at radius 1 is 1.10 bits per heavy atom. The SMILES string of the molecule is CN(C1CCCCC1)S(=O)(=O)c1ccc(C(=O)N2CCc3cc([N+](=O)[O-])ccc32)cc1. The molecule has 0 atom stereocenters. The molecule has 0 unspecified atom stereocenters. The number of carbonyl (C=O) groups excluding carboxylic acids is 1. The molecule has 1 fully saturated rings. The number of amides is 1. The van der Waals surface area contributed by atoms with Gasteiger partial charge in [0.25, 0.3) is 11.6 Å². The predicted molar refractivity (Wildman–Crippen MR) is 117 cm³/mol. The van der Waals surface area contributed by atoms with E-state index in [2.05, 4.69) is 0 Å². The van der Waals surface area contributed by atoms with Crippen molar-refractivity contribution in [1.29, 1.82) is 0 Å². The van der Waals surface area contributed by atoms with Gasteiger partial charge in [-0.2, -0.15) is 4.31 Å². The van der Waals surface area contributed by atoms with Gasteiger partial charge in [-0.25, -0.2) is 8.42 Å². The van der Waals surface area contributed by atoms with Crippen molar-refractivity contribution < 1.29 is 18.1 Å². The highest BCUT2D eigenvalue weighted by molar-refractivity contribution is 7.89. The maximum Gasteiger partial charge on any atom is 0.269 e. The third-order valence-corrected chi connectivity index (χ3v) is 8.21. The zero-order valence-corrected chi connectivity index (χ0v) is 18.2. The van der Waals surface area contributed by atoms with Crippen LogP contribution in [0.4, 0.5) is 11.4 Å². The lowest BCUT2D eigenvalue weighted by Gasteiger charge is -2.30.